The van der Waals surface area contributed by atoms with Gasteiger partial charge in [-0.15, -0.1) is 0 Å². The lowest BCUT2D eigenvalue weighted by Crippen LogP contribution is -2.37. The molecule has 1 amide bonds. The number of carbonyl (C=O) groups excluding carboxylic acids is 1. The summed E-state index contributed by atoms with van der Waals surface area (Å²) in [4.78, 5) is 16.7. The number of halogens is 2. The highest BCUT2D eigenvalue weighted by atomic mass is 79.9. The minimum absolute atomic E-state index is 0.145. The number of nitrogens with one attached hydrogen (secondary N) is 1. The third kappa shape index (κ3) is 3.60. The van der Waals surface area contributed by atoms with E-state index in [4.69, 9.17) is 20.4 Å². The van der Waals surface area contributed by atoms with E-state index in [9.17, 15) is 4.79 Å². The summed E-state index contributed by atoms with van der Waals surface area (Å²) in [6.45, 7) is 0. The molecule has 0 radical (unpaired) electrons. The molecule has 1 fully saturated rings. The summed E-state index contributed by atoms with van der Waals surface area (Å²) < 4.78 is 11.7. The maximum Gasteiger partial charge on any atom is 0.287 e. The Labute approximate surface area is 157 Å². The van der Waals surface area contributed by atoms with Crippen molar-refractivity contribution in [3.63, 3.8) is 0 Å². The van der Waals surface area contributed by atoms with Gasteiger partial charge in [-0.3, -0.25) is 4.79 Å². The number of fused-ring (bicyclic) bond motifs is 1. The van der Waals surface area contributed by atoms with E-state index in [1.54, 1.807) is 18.2 Å². The monoisotopic (exact) mass is 422 g/mol. The van der Waals surface area contributed by atoms with E-state index in [0.717, 1.165) is 42.7 Å². The summed E-state index contributed by atoms with van der Waals surface area (Å²) in [5.74, 6) is 1.18. The zero-order chi connectivity index (χ0) is 17.4. The molecular formula is C18H16BrClN2O3. The summed E-state index contributed by atoms with van der Waals surface area (Å²) in [6, 6.07) is 8.99. The first-order valence-corrected chi connectivity index (χ1v) is 9.38. The molecule has 2 aromatic heterocycles. The number of aromatic nitrogens is 1. The Hall–Kier alpha value is -1.79. The molecule has 3 aromatic rings. The second kappa shape index (κ2) is 6.84. The SMILES string of the molecule is O=C(NC1CCC(c2nc3cc(Cl)ccc3o2)CC1)c1ccc(Br)o1. The van der Waals surface area contributed by atoms with Gasteiger partial charge < -0.3 is 14.2 Å². The highest BCUT2D eigenvalue weighted by Gasteiger charge is 2.27. The number of benzene rings is 1. The Morgan fingerprint density at radius 2 is 1.96 bits per heavy atom. The van der Waals surface area contributed by atoms with Crippen LogP contribution >= 0.6 is 27.5 Å². The van der Waals surface area contributed by atoms with Gasteiger partial charge in [0.05, 0.1) is 0 Å². The van der Waals surface area contributed by atoms with Gasteiger partial charge in [0.25, 0.3) is 5.91 Å². The molecule has 2 heterocycles. The maximum atomic E-state index is 12.2. The molecule has 1 aromatic carbocycles. The lowest BCUT2D eigenvalue weighted by molar-refractivity contribution is 0.0895. The van der Waals surface area contributed by atoms with E-state index in [1.807, 2.05) is 12.1 Å². The molecule has 0 aliphatic heterocycles. The first kappa shape index (κ1) is 16.7. The van der Waals surface area contributed by atoms with Gasteiger partial charge in [0, 0.05) is 17.0 Å². The molecule has 0 saturated heterocycles. The van der Waals surface area contributed by atoms with Crippen molar-refractivity contribution >= 4 is 44.5 Å². The number of hydrogen-bond donors (Lipinski definition) is 1. The van der Waals surface area contributed by atoms with E-state index in [-0.39, 0.29) is 17.9 Å². The standard InChI is InChI=1S/C18H16BrClN2O3/c19-16-8-7-15(24-16)17(23)21-12-4-1-10(2-5-12)18-22-13-9-11(20)3-6-14(13)25-18/h3,6-10,12H,1-2,4-5H2,(H,21,23). The molecule has 1 aliphatic carbocycles. The van der Waals surface area contributed by atoms with E-state index in [0.29, 0.717) is 15.5 Å². The molecule has 1 saturated carbocycles. The molecule has 4 rings (SSSR count). The fourth-order valence-electron chi connectivity index (χ4n) is 3.27. The van der Waals surface area contributed by atoms with Crippen LogP contribution in [0.2, 0.25) is 5.02 Å². The van der Waals surface area contributed by atoms with Crippen LogP contribution in [0.4, 0.5) is 0 Å². The molecule has 1 N–H and O–H groups in total. The Bertz CT molecular complexity index is 912. The van der Waals surface area contributed by atoms with Crippen LogP contribution in [0.15, 0.2) is 43.8 Å². The van der Waals surface area contributed by atoms with Crippen molar-refractivity contribution in [1.29, 1.82) is 0 Å². The van der Waals surface area contributed by atoms with Crippen LogP contribution in [0.3, 0.4) is 0 Å². The Morgan fingerprint density at radius 3 is 2.68 bits per heavy atom. The Morgan fingerprint density at radius 1 is 1.16 bits per heavy atom. The van der Waals surface area contributed by atoms with E-state index >= 15 is 0 Å². The molecule has 7 heteroatoms. The van der Waals surface area contributed by atoms with Crippen molar-refractivity contribution in [1.82, 2.24) is 10.3 Å². The number of rotatable bonds is 3. The zero-order valence-corrected chi connectivity index (χ0v) is 15.6. The molecule has 1 aliphatic rings. The molecule has 0 unspecified atom stereocenters. The lowest BCUT2D eigenvalue weighted by Gasteiger charge is -2.27. The van der Waals surface area contributed by atoms with E-state index in [2.05, 4.69) is 26.2 Å². The van der Waals surface area contributed by atoms with Gasteiger partial charge in [0.1, 0.15) is 5.52 Å². The van der Waals surface area contributed by atoms with Crippen LogP contribution < -0.4 is 5.32 Å². The van der Waals surface area contributed by atoms with Crippen LogP contribution in [-0.2, 0) is 0 Å². The summed E-state index contributed by atoms with van der Waals surface area (Å²) in [5, 5.41) is 3.69. The first-order chi connectivity index (χ1) is 12.1. The van der Waals surface area contributed by atoms with Gasteiger partial charge in [0.2, 0.25) is 0 Å². The number of nitrogens with zero attached hydrogens (tertiary/aromatic N) is 1. The van der Waals surface area contributed by atoms with Crippen molar-refractivity contribution in [3.8, 4) is 0 Å². The molecule has 0 spiro atoms. The van der Waals surface area contributed by atoms with Crippen LogP contribution in [0.25, 0.3) is 11.1 Å². The van der Waals surface area contributed by atoms with Gasteiger partial charge in [-0.2, -0.15) is 0 Å². The molecule has 5 nitrogen and oxygen atoms in total. The van der Waals surface area contributed by atoms with Crippen LogP contribution in [-0.4, -0.2) is 16.9 Å². The lowest BCUT2D eigenvalue weighted by atomic mass is 9.86. The van der Waals surface area contributed by atoms with Crippen molar-refractivity contribution in [2.24, 2.45) is 0 Å². The minimum Gasteiger partial charge on any atom is -0.444 e. The molecule has 25 heavy (non-hydrogen) atoms. The molecular weight excluding hydrogens is 408 g/mol. The minimum atomic E-state index is -0.175. The maximum absolute atomic E-state index is 12.2. The van der Waals surface area contributed by atoms with Crippen molar-refractivity contribution in [2.75, 3.05) is 0 Å². The van der Waals surface area contributed by atoms with E-state index in [1.165, 1.54) is 0 Å². The Kier molecular flexibility index (Phi) is 4.56. The number of carbonyl (C=O) groups is 1. The normalized spacial score (nSPS) is 20.7. The van der Waals surface area contributed by atoms with Gasteiger partial charge in [-0.1, -0.05) is 11.6 Å². The number of amides is 1. The smallest absolute Gasteiger partial charge is 0.287 e. The average molecular weight is 424 g/mol. The summed E-state index contributed by atoms with van der Waals surface area (Å²) in [5.41, 5.74) is 1.56. The van der Waals surface area contributed by atoms with Crippen molar-refractivity contribution < 1.29 is 13.6 Å². The predicted molar refractivity (Wildman–Crippen MR) is 97.9 cm³/mol. The van der Waals surface area contributed by atoms with Crippen LogP contribution in [0.1, 0.15) is 48.0 Å². The van der Waals surface area contributed by atoms with Gasteiger partial charge in [-0.25, -0.2) is 4.98 Å². The highest BCUT2D eigenvalue weighted by molar-refractivity contribution is 9.10. The summed E-state index contributed by atoms with van der Waals surface area (Å²) in [7, 11) is 0. The largest absolute Gasteiger partial charge is 0.444 e. The third-order valence-corrected chi connectivity index (χ3v) is 5.24. The highest BCUT2D eigenvalue weighted by Crippen LogP contribution is 2.34. The second-order valence-electron chi connectivity index (χ2n) is 6.29. The van der Waals surface area contributed by atoms with Crippen LogP contribution in [0.5, 0.6) is 0 Å². The fourth-order valence-corrected chi connectivity index (χ4v) is 3.74. The third-order valence-electron chi connectivity index (χ3n) is 4.57. The van der Waals surface area contributed by atoms with Gasteiger partial charge >= 0.3 is 0 Å². The quantitative estimate of drug-likeness (QED) is 0.621. The number of hydrogen-bond acceptors (Lipinski definition) is 4. The van der Waals surface area contributed by atoms with Crippen LogP contribution in [0, 0.1) is 0 Å². The molecule has 130 valence electrons. The predicted octanol–water partition coefficient (Wildman–Crippen LogP) is 5.29. The van der Waals surface area contributed by atoms with Crippen molar-refractivity contribution in [3.05, 3.63) is 51.7 Å². The van der Waals surface area contributed by atoms with E-state index < -0.39 is 0 Å². The topological polar surface area (TPSA) is 68.3 Å². The van der Waals surface area contributed by atoms with Gasteiger partial charge in [-0.05, 0) is 71.9 Å². The zero-order valence-electron chi connectivity index (χ0n) is 13.3. The number of oxazole rings is 1. The summed E-state index contributed by atoms with van der Waals surface area (Å²) >= 11 is 9.21. The number of furan rings is 1. The molecule has 0 bridgehead atoms. The summed E-state index contributed by atoms with van der Waals surface area (Å²) in [6.07, 6.45) is 3.62. The van der Waals surface area contributed by atoms with Crippen molar-refractivity contribution in [2.45, 2.75) is 37.6 Å². The fraction of sp³-hybridized carbons (Fsp3) is 0.333. The second-order valence-corrected chi connectivity index (χ2v) is 7.51. The first-order valence-electron chi connectivity index (χ1n) is 8.20. The average Bonchev–Trinajstić information content (AvgIpc) is 3.21. The Balaban J connectivity index is 1.38. The molecule has 0 atom stereocenters. The van der Waals surface area contributed by atoms with Gasteiger partial charge in [0.15, 0.2) is 21.9 Å².